The molecule has 0 atom stereocenters. The highest BCUT2D eigenvalue weighted by molar-refractivity contribution is 7.92. The molecule has 2 aromatic carbocycles. The predicted octanol–water partition coefficient (Wildman–Crippen LogP) is 2.44. The first kappa shape index (κ1) is 16.0. The van der Waals surface area contributed by atoms with Crippen molar-refractivity contribution in [2.24, 2.45) is 0 Å². The summed E-state index contributed by atoms with van der Waals surface area (Å²) >= 11 is 0. The Labute approximate surface area is 140 Å². The Hall–Kier alpha value is -2.85. The maximum atomic E-state index is 12.5. The molecule has 7 heteroatoms. The summed E-state index contributed by atoms with van der Waals surface area (Å²) in [7, 11) is -3.71. The highest BCUT2D eigenvalue weighted by Crippen LogP contribution is 2.26. The van der Waals surface area contributed by atoms with Crippen molar-refractivity contribution in [3.63, 3.8) is 0 Å². The van der Waals surface area contributed by atoms with Crippen LogP contribution in [0.4, 0.5) is 11.4 Å². The van der Waals surface area contributed by atoms with Crippen molar-refractivity contribution in [1.82, 2.24) is 0 Å². The molecule has 24 heavy (non-hydrogen) atoms. The largest absolute Gasteiger partial charge is 0.326 e. The van der Waals surface area contributed by atoms with Crippen LogP contribution in [0.1, 0.15) is 17.5 Å². The lowest BCUT2D eigenvalue weighted by Crippen LogP contribution is -2.20. The van der Waals surface area contributed by atoms with Gasteiger partial charge in [0.25, 0.3) is 10.0 Å². The zero-order valence-electron chi connectivity index (χ0n) is 12.7. The zero-order valence-corrected chi connectivity index (χ0v) is 13.6. The monoisotopic (exact) mass is 341 g/mol. The number of nitrogens with zero attached hydrogens (tertiary/aromatic N) is 1. The molecule has 0 bridgehead atoms. The summed E-state index contributed by atoms with van der Waals surface area (Å²) in [6.07, 6.45) is 1.15. The van der Waals surface area contributed by atoms with E-state index in [4.69, 9.17) is 5.26 Å². The average molecular weight is 341 g/mol. The molecule has 0 aromatic heterocycles. The van der Waals surface area contributed by atoms with Gasteiger partial charge >= 0.3 is 0 Å². The fraction of sp³-hybridized carbons (Fsp3) is 0.176. The maximum Gasteiger partial charge on any atom is 0.261 e. The second-order valence-electron chi connectivity index (χ2n) is 5.50. The summed E-state index contributed by atoms with van der Waals surface area (Å²) in [6.45, 7) is 0. The number of aryl methyl sites for hydroxylation is 1. The van der Waals surface area contributed by atoms with Crippen molar-refractivity contribution in [2.75, 3.05) is 10.0 Å². The van der Waals surface area contributed by atoms with Gasteiger partial charge < -0.3 is 5.32 Å². The van der Waals surface area contributed by atoms with Crippen LogP contribution in [0.2, 0.25) is 0 Å². The van der Waals surface area contributed by atoms with E-state index in [1.807, 2.05) is 6.07 Å². The molecule has 2 aromatic rings. The van der Waals surface area contributed by atoms with Gasteiger partial charge in [-0.05, 0) is 47.9 Å². The molecular formula is C17H15N3O3S. The third-order valence-corrected chi connectivity index (χ3v) is 5.15. The van der Waals surface area contributed by atoms with Crippen LogP contribution in [-0.2, 0) is 27.7 Å². The number of hydrogen-bond acceptors (Lipinski definition) is 4. The summed E-state index contributed by atoms with van der Waals surface area (Å²) in [5.41, 5.74) is 2.72. The number of sulfonamides is 1. The molecule has 0 saturated carbocycles. The molecule has 0 radical (unpaired) electrons. The van der Waals surface area contributed by atoms with Crippen LogP contribution in [-0.4, -0.2) is 14.3 Å². The number of carbonyl (C=O) groups is 1. The molecule has 0 fully saturated rings. The Morgan fingerprint density at radius 1 is 1.12 bits per heavy atom. The number of fused-ring (bicyclic) bond motifs is 1. The molecule has 2 N–H and O–H groups in total. The van der Waals surface area contributed by atoms with Crippen molar-refractivity contribution in [2.45, 2.75) is 24.2 Å². The van der Waals surface area contributed by atoms with Crippen LogP contribution >= 0.6 is 0 Å². The Morgan fingerprint density at radius 2 is 1.88 bits per heavy atom. The third-order valence-electron chi connectivity index (χ3n) is 3.77. The van der Waals surface area contributed by atoms with E-state index >= 15 is 0 Å². The fourth-order valence-electron chi connectivity index (χ4n) is 2.52. The second-order valence-corrected chi connectivity index (χ2v) is 7.19. The molecule has 0 saturated heterocycles. The van der Waals surface area contributed by atoms with Gasteiger partial charge in [0.2, 0.25) is 5.91 Å². The van der Waals surface area contributed by atoms with E-state index in [0.29, 0.717) is 24.2 Å². The second kappa shape index (κ2) is 6.34. The number of nitrogens with one attached hydrogen (secondary N) is 2. The first-order valence-electron chi connectivity index (χ1n) is 7.39. The standard InChI is InChI=1S/C17H15N3O3S/c18-10-9-12-1-4-14(5-2-12)20-24(22,23)15-6-7-16-13(11-15)3-8-17(21)19-16/h1-2,4-7,11,20H,3,8-9H2,(H,19,21). The lowest BCUT2D eigenvalue weighted by atomic mass is 10.0. The molecule has 1 aliphatic heterocycles. The van der Waals surface area contributed by atoms with Crippen molar-refractivity contribution >= 4 is 27.3 Å². The topological polar surface area (TPSA) is 99.1 Å². The lowest BCUT2D eigenvalue weighted by molar-refractivity contribution is -0.116. The van der Waals surface area contributed by atoms with E-state index in [2.05, 4.69) is 10.0 Å². The number of amides is 1. The van der Waals surface area contributed by atoms with E-state index in [9.17, 15) is 13.2 Å². The Balaban J connectivity index is 1.83. The van der Waals surface area contributed by atoms with Crippen LogP contribution in [0.5, 0.6) is 0 Å². The highest BCUT2D eigenvalue weighted by atomic mass is 32.2. The van der Waals surface area contributed by atoms with Crippen LogP contribution < -0.4 is 10.0 Å². The summed E-state index contributed by atoms with van der Waals surface area (Å²) in [5.74, 6) is -0.0614. The summed E-state index contributed by atoms with van der Waals surface area (Å²) < 4.78 is 27.5. The van der Waals surface area contributed by atoms with Gasteiger partial charge in [-0.25, -0.2) is 8.42 Å². The first-order chi connectivity index (χ1) is 11.5. The minimum absolute atomic E-state index is 0.0614. The molecule has 3 rings (SSSR count). The van der Waals surface area contributed by atoms with Crippen molar-refractivity contribution in [1.29, 1.82) is 5.26 Å². The quantitative estimate of drug-likeness (QED) is 0.892. The van der Waals surface area contributed by atoms with Gasteiger partial charge in [-0.1, -0.05) is 12.1 Å². The molecule has 0 spiro atoms. The number of benzene rings is 2. The number of rotatable bonds is 4. The molecule has 1 amide bonds. The van der Waals surface area contributed by atoms with Crippen LogP contribution in [0, 0.1) is 11.3 Å². The average Bonchev–Trinajstić information content (AvgIpc) is 2.56. The van der Waals surface area contributed by atoms with Crippen LogP contribution in [0.15, 0.2) is 47.4 Å². The number of hydrogen-bond donors (Lipinski definition) is 2. The van der Waals surface area contributed by atoms with Gasteiger partial charge in [-0.2, -0.15) is 5.26 Å². The Morgan fingerprint density at radius 3 is 2.58 bits per heavy atom. The van der Waals surface area contributed by atoms with E-state index in [-0.39, 0.29) is 17.2 Å². The van der Waals surface area contributed by atoms with Crippen LogP contribution in [0.25, 0.3) is 0 Å². The van der Waals surface area contributed by atoms with E-state index in [0.717, 1.165) is 11.1 Å². The van der Waals surface area contributed by atoms with Gasteiger partial charge in [-0.15, -0.1) is 0 Å². The number of anilines is 2. The molecular weight excluding hydrogens is 326 g/mol. The minimum Gasteiger partial charge on any atom is -0.326 e. The SMILES string of the molecule is N#CCc1ccc(NS(=O)(=O)c2ccc3c(c2)CCC(=O)N3)cc1. The van der Waals surface area contributed by atoms with E-state index in [1.165, 1.54) is 6.07 Å². The van der Waals surface area contributed by atoms with Gasteiger partial charge in [0.15, 0.2) is 0 Å². The van der Waals surface area contributed by atoms with Gasteiger partial charge in [-0.3, -0.25) is 9.52 Å². The Bertz CT molecular complexity index is 929. The molecule has 1 aliphatic rings. The lowest BCUT2D eigenvalue weighted by Gasteiger charge is -2.18. The molecule has 0 aliphatic carbocycles. The smallest absolute Gasteiger partial charge is 0.261 e. The van der Waals surface area contributed by atoms with Gasteiger partial charge in [0, 0.05) is 17.8 Å². The van der Waals surface area contributed by atoms with Gasteiger partial charge in [0.1, 0.15) is 0 Å². The minimum atomic E-state index is -3.71. The molecule has 6 nitrogen and oxygen atoms in total. The summed E-state index contributed by atoms with van der Waals surface area (Å²) in [5, 5.41) is 11.4. The van der Waals surface area contributed by atoms with Gasteiger partial charge in [0.05, 0.1) is 17.4 Å². The predicted molar refractivity (Wildman–Crippen MR) is 90.0 cm³/mol. The first-order valence-corrected chi connectivity index (χ1v) is 8.88. The maximum absolute atomic E-state index is 12.5. The summed E-state index contributed by atoms with van der Waals surface area (Å²) in [6, 6.07) is 13.4. The number of carbonyl (C=O) groups excluding carboxylic acids is 1. The fourth-order valence-corrected chi connectivity index (χ4v) is 3.63. The molecule has 122 valence electrons. The third kappa shape index (κ3) is 3.39. The van der Waals surface area contributed by atoms with E-state index in [1.54, 1.807) is 36.4 Å². The van der Waals surface area contributed by atoms with Crippen LogP contribution in [0.3, 0.4) is 0 Å². The normalized spacial score (nSPS) is 13.5. The van der Waals surface area contributed by atoms with Crippen molar-refractivity contribution < 1.29 is 13.2 Å². The zero-order chi connectivity index (χ0) is 17.2. The highest BCUT2D eigenvalue weighted by Gasteiger charge is 2.20. The molecule has 0 unspecified atom stereocenters. The van der Waals surface area contributed by atoms with E-state index < -0.39 is 10.0 Å². The Kier molecular flexibility index (Phi) is 4.23. The molecule has 1 heterocycles. The number of nitriles is 1. The summed E-state index contributed by atoms with van der Waals surface area (Å²) in [4.78, 5) is 11.5. The van der Waals surface area contributed by atoms with Crippen molar-refractivity contribution in [3.8, 4) is 6.07 Å². The van der Waals surface area contributed by atoms with Crippen molar-refractivity contribution in [3.05, 3.63) is 53.6 Å².